The summed E-state index contributed by atoms with van der Waals surface area (Å²) >= 11 is 4.70. The van der Waals surface area contributed by atoms with Crippen molar-refractivity contribution in [3.05, 3.63) is 30.1 Å². The van der Waals surface area contributed by atoms with Crippen molar-refractivity contribution in [2.75, 3.05) is 13.2 Å². The summed E-state index contributed by atoms with van der Waals surface area (Å²) in [5.41, 5.74) is 0. The Morgan fingerprint density at radius 1 is 1.53 bits per heavy atom. The summed E-state index contributed by atoms with van der Waals surface area (Å²) in [6.07, 6.45) is 0. The van der Waals surface area contributed by atoms with Crippen LogP contribution in [-0.2, 0) is 0 Å². The second kappa shape index (κ2) is 6.80. The molecule has 2 amide bonds. The number of amides is 2. The van der Waals surface area contributed by atoms with E-state index in [0.717, 1.165) is 0 Å². The summed E-state index contributed by atoms with van der Waals surface area (Å²) in [6, 6.07) is 5.44. The van der Waals surface area contributed by atoms with E-state index < -0.39 is 0 Å². The van der Waals surface area contributed by atoms with Gasteiger partial charge in [0, 0.05) is 6.07 Å². The lowest BCUT2D eigenvalue weighted by Gasteiger charge is -2.08. The summed E-state index contributed by atoms with van der Waals surface area (Å²) < 4.78 is 18.0. The van der Waals surface area contributed by atoms with Crippen LogP contribution in [0.5, 0.6) is 5.75 Å². The van der Waals surface area contributed by atoms with Gasteiger partial charge in [0.05, 0.1) is 11.5 Å². The average Bonchev–Trinajstić information content (AvgIpc) is 2.23. The fourth-order valence-electron chi connectivity index (χ4n) is 1.09. The van der Waals surface area contributed by atoms with Crippen molar-refractivity contribution >= 4 is 23.2 Å². The lowest BCUT2D eigenvalue weighted by Crippen LogP contribution is -2.39. The zero-order valence-electron chi connectivity index (χ0n) is 9.33. The van der Waals surface area contributed by atoms with Gasteiger partial charge in [-0.25, -0.2) is 9.18 Å². The van der Waals surface area contributed by atoms with Crippen LogP contribution in [0.1, 0.15) is 6.92 Å². The molecule has 2 N–H and O–H groups in total. The molecule has 0 saturated carbocycles. The molecule has 6 heteroatoms. The smallest absolute Gasteiger partial charge is 0.319 e. The quantitative estimate of drug-likeness (QED) is 0.638. The monoisotopic (exact) mass is 256 g/mol. The fourth-order valence-corrected chi connectivity index (χ4v) is 1.19. The third kappa shape index (κ3) is 5.82. The van der Waals surface area contributed by atoms with Crippen molar-refractivity contribution in [1.29, 1.82) is 0 Å². The number of ether oxygens (including phenoxy) is 1. The summed E-state index contributed by atoms with van der Waals surface area (Å²) in [4.78, 5) is 11.5. The molecule has 0 aliphatic rings. The highest BCUT2D eigenvalue weighted by Crippen LogP contribution is 2.11. The standard InChI is InChI=1S/C11H13FN2O2S/c1-8(17)14-11(15)13-5-6-16-10-4-2-3-9(12)7-10/h2-4,7H,5-6H2,1H3,(H2,13,14,15,17). The van der Waals surface area contributed by atoms with Crippen LogP contribution in [-0.4, -0.2) is 24.2 Å². The molecule has 0 aliphatic carbocycles. The molecule has 0 spiro atoms. The number of benzene rings is 1. The predicted octanol–water partition coefficient (Wildman–Crippen LogP) is 1.85. The zero-order chi connectivity index (χ0) is 12.7. The topological polar surface area (TPSA) is 50.4 Å². The Morgan fingerprint density at radius 2 is 2.29 bits per heavy atom. The Hall–Kier alpha value is -1.69. The minimum absolute atomic E-state index is 0.257. The number of rotatable bonds is 4. The van der Waals surface area contributed by atoms with Crippen molar-refractivity contribution in [2.45, 2.75) is 6.92 Å². The number of urea groups is 1. The number of carbonyl (C=O) groups is 1. The van der Waals surface area contributed by atoms with Gasteiger partial charge in [0.1, 0.15) is 18.2 Å². The first-order valence-electron chi connectivity index (χ1n) is 5.01. The Labute approximate surface area is 104 Å². The minimum atomic E-state index is -0.375. The first-order chi connectivity index (χ1) is 8.08. The van der Waals surface area contributed by atoms with Crippen LogP contribution < -0.4 is 15.4 Å². The van der Waals surface area contributed by atoms with Gasteiger partial charge in [0.25, 0.3) is 0 Å². The first kappa shape index (κ1) is 13.4. The highest BCUT2D eigenvalue weighted by Gasteiger charge is 2.00. The number of nitrogens with one attached hydrogen (secondary N) is 2. The lowest BCUT2D eigenvalue weighted by molar-refractivity contribution is 0.240. The van der Waals surface area contributed by atoms with E-state index in [4.69, 9.17) is 17.0 Å². The van der Waals surface area contributed by atoms with Crippen molar-refractivity contribution in [3.8, 4) is 5.75 Å². The molecule has 0 atom stereocenters. The van der Waals surface area contributed by atoms with Crippen LogP contribution in [0, 0.1) is 5.82 Å². The lowest BCUT2D eigenvalue weighted by atomic mass is 10.3. The highest BCUT2D eigenvalue weighted by atomic mass is 32.1. The van der Waals surface area contributed by atoms with Gasteiger partial charge in [-0.1, -0.05) is 18.3 Å². The summed E-state index contributed by atoms with van der Waals surface area (Å²) in [5.74, 6) is 0.0720. The number of hydrogen-bond acceptors (Lipinski definition) is 3. The van der Waals surface area contributed by atoms with E-state index in [1.54, 1.807) is 19.1 Å². The first-order valence-corrected chi connectivity index (χ1v) is 5.42. The third-order valence-electron chi connectivity index (χ3n) is 1.74. The molecule has 1 aromatic rings. The van der Waals surface area contributed by atoms with Crippen molar-refractivity contribution in [1.82, 2.24) is 10.6 Å². The Bertz CT molecular complexity index is 412. The van der Waals surface area contributed by atoms with Gasteiger partial charge < -0.3 is 15.4 Å². The molecule has 92 valence electrons. The van der Waals surface area contributed by atoms with Gasteiger partial charge in [0.2, 0.25) is 0 Å². The van der Waals surface area contributed by atoms with E-state index in [-0.39, 0.29) is 18.5 Å². The Kier molecular flexibility index (Phi) is 5.35. The maximum Gasteiger partial charge on any atom is 0.319 e. The zero-order valence-corrected chi connectivity index (χ0v) is 10.1. The van der Waals surface area contributed by atoms with Gasteiger partial charge in [0.15, 0.2) is 0 Å². The minimum Gasteiger partial charge on any atom is -0.492 e. The van der Waals surface area contributed by atoms with Gasteiger partial charge in [-0.2, -0.15) is 0 Å². The van der Waals surface area contributed by atoms with Gasteiger partial charge >= 0.3 is 6.03 Å². The number of carbonyl (C=O) groups excluding carboxylic acids is 1. The summed E-state index contributed by atoms with van der Waals surface area (Å²) in [5, 5.41) is 4.96. The number of halogens is 1. The molecular formula is C11H13FN2O2S. The van der Waals surface area contributed by atoms with E-state index in [1.165, 1.54) is 12.1 Å². The van der Waals surface area contributed by atoms with Crippen molar-refractivity contribution in [2.24, 2.45) is 0 Å². The average molecular weight is 256 g/mol. The van der Waals surface area contributed by atoms with Gasteiger partial charge in [-0.3, -0.25) is 0 Å². The maximum atomic E-state index is 12.8. The normalized spacial score (nSPS) is 9.53. The molecule has 0 aliphatic heterocycles. The molecule has 0 aromatic heterocycles. The van der Waals surface area contributed by atoms with Gasteiger partial charge in [-0.15, -0.1) is 0 Å². The van der Waals surface area contributed by atoms with Crippen LogP contribution in [0.25, 0.3) is 0 Å². The van der Waals surface area contributed by atoms with E-state index in [9.17, 15) is 9.18 Å². The van der Waals surface area contributed by atoms with Crippen molar-refractivity contribution < 1.29 is 13.9 Å². The summed E-state index contributed by atoms with van der Waals surface area (Å²) in [6.45, 7) is 2.18. The number of hydrogen-bond donors (Lipinski definition) is 2. The molecular weight excluding hydrogens is 243 g/mol. The van der Waals surface area contributed by atoms with Crippen molar-refractivity contribution in [3.63, 3.8) is 0 Å². The Balaban J connectivity index is 2.20. The molecule has 0 bridgehead atoms. The van der Waals surface area contributed by atoms with E-state index >= 15 is 0 Å². The molecule has 0 fully saturated rings. The van der Waals surface area contributed by atoms with Crippen LogP contribution in [0.2, 0.25) is 0 Å². The molecule has 0 unspecified atom stereocenters. The third-order valence-corrected chi connectivity index (χ3v) is 1.84. The number of thiocarbonyl (C=S) groups is 1. The van der Waals surface area contributed by atoms with Crippen LogP contribution in [0.4, 0.5) is 9.18 Å². The second-order valence-corrected chi connectivity index (χ2v) is 3.86. The van der Waals surface area contributed by atoms with E-state index in [1.807, 2.05) is 0 Å². The Morgan fingerprint density at radius 3 is 2.94 bits per heavy atom. The van der Waals surface area contributed by atoms with Crippen LogP contribution >= 0.6 is 12.2 Å². The van der Waals surface area contributed by atoms with Gasteiger partial charge in [-0.05, 0) is 19.1 Å². The predicted molar refractivity (Wildman–Crippen MR) is 66.7 cm³/mol. The second-order valence-electron chi connectivity index (χ2n) is 3.24. The fraction of sp³-hybridized carbons (Fsp3) is 0.273. The summed E-state index contributed by atoms with van der Waals surface area (Å²) in [7, 11) is 0. The molecule has 0 saturated heterocycles. The molecule has 1 aromatic carbocycles. The SMILES string of the molecule is CC(=S)NC(=O)NCCOc1cccc(F)c1. The van der Waals surface area contributed by atoms with Crippen LogP contribution in [0.15, 0.2) is 24.3 Å². The molecule has 17 heavy (non-hydrogen) atoms. The molecule has 0 heterocycles. The largest absolute Gasteiger partial charge is 0.492 e. The molecule has 4 nitrogen and oxygen atoms in total. The van der Waals surface area contributed by atoms with E-state index in [2.05, 4.69) is 10.6 Å². The van der Waals surface area contributed by atoms with Crippen LogP contribution in [0.3, 0.4) is 0 Å². The highest BCUT2D eigenvalue weighted by molar-refractivity contribution is 7.80. The molecule has 0 radical (unpaired) electrons. The molecule has 1 rings (SSSR count). The maximum absolute atomic E-state index is 12.8. The van der Waals surface area contributed by atoms with E-state index in [0.29, 0.717) is 17.3 Å².